The zero-order valence-electron chi connectivity index (χ0n) is 22.0. The van der Waals surface area contributed by atoms with Crippen LogP contribution in [0.1, 0.15) is 58.7 Å². The molecular formula is C29H38N2O4Si. The maximum Gasteiger partial charge on any atom is 0.330 e. The van der Waals surface area contributed by atoms with Gasteiger partial charge in [0.25, 0.3) is 13.9 Å². The van der Waals surface area contributed by atoms with Crippen LogP contribution in [0.25, 0.3) is 0 Å². The van der Waals surface area contributed by atoms with E-state index in [0.29, 0.717) is 18.6 Å². The number of nitrogens with one attached hydrogen (secondary N) is 1. The summed E-state index contributed by atoms with van der Waals surface area (Å²) in [5.74, 6) is 0.261. The number of H-pyrrole nitrogens is 1. The van der Waals surface area contributed by atoms with Gasteiger partial charge in [0.05, 0.1) is 12.7 Å². The van der Waals surface area contributed by atoms with E-state index >= 15 is 0 Å². The Morgan fingerprint density at radius 1 is 1.03 bits per heavy atom. The molecule has 0 amide bonds. The molecule has 1 saturated heterocycles. The highest BCUT2D eigenvalue weighted by Gasteiger charge is 2.51. The van der Waals surface area contributed by atoms with E-state index in [9.17, 15) is 9.59 Å². The summed E-state index contributed by atoms with van der Waals surface area (Å²) in [6.07, 6.45) is 3.78. The second-order valence-electron chi connectivity index (χ2n) is 10.9. The van der Waals surface area contributed by atoms with Crippen molar-refractivity contribution >= 4 is 18.7 Å². The molecule has 6 nitrogen and oxygen atoms in total. The van der Waals surface area contributed by atoms with E-state index in [0.717, 1.165) is 12.8 Å². The molecule has 0 spiro atoms. The van der Waals surface area contributed by atoms with Crippen LogP contribution in [0.2, 0.25) is 5.04 Å². The number of hydrogen-bond donors (Lipinski definition) is 1. The van der Waals surface area contributed by atoms with Crippen molar-refractivity contribution < 1.29 is 9.16 Å². The minimum absolute atomic E-state index is 0.124. The topological polar surface area (TPSA) is 73.3 Å². The van der Waals surface area contributed by atoms with Crippen molar-refractivity contribution in [1.82, 2.24) is 9.55 Å². The van der Waals surface area contributed by atoms with Gasteiger partial charge in [-0.15, -0.1) is 0 Å². The molecular weight excluding hydrogens is 468 g/mol. The molecule has 3 aromatic rings. The number of ether oxygens (including phenoxy) is 1. The van der Waals surface area contributed by atoms with Gasteiger partial charge in [0.1, 0.15) is 6.23 Å². The summed E-state index contributed by atoms with van der Waals surface area (Å²) in [5.41, 5.74) is -0.289. The zero-order valence-corrected chi connectivity index (χ0v) is 23.0. The van der Waals surface area contributed by atoms with Crippen LogP contribution in [0.15, 0.2) is 76.4 Å². The third-order valence-corrected chi connectivity index (χ3v) is 12.4. The Hall–Kier alpha value is -2.74. The lowest BCUT2D eigenvalue weighted by molar-refractivity contribution is -0.0300. The molecule has 0 radical (unpaired) electrons. The summed E-state index contributed by atoms with van der Waals surface area (Å²) in [4.78, 5) is 26.9. The summed E-state index contributed by atoms with van der Waals surface area (Å²) in [6.45, 7) is 11.1. The predicted molar refractivity (Wildman–Crippen MR) is 147 cm³/mol. The summed E-state index contributed by atoms with van der Waals surface area (Å²) < 4.78 is 15.2. The SMILES string of the molecule is CCC[C@H]1C[C@H](n2cc(C)c(=O)[nH]c2=O)O[C@@H]1CO[Si](c1ccccc1)(c1ccccc1)C(C)(C)C. The van der Waals surface area contributed by atoms with Crippen LogP contribution in [-0.2, 0) is 9.16 Å². The molecule has 0 saturated carbocycles. The molecule has 2 aromatic carbocycles. The highest BCUT2D eigenvalue weighted by Crippen LogP contribution is 2.40. The maximum absolute atomic E-state index is 12.6. The maximum atomic E-state index is 12.6. The fraction of sp³-hybridized carbons (Fsp3) is 0.448. The molecule has 1 aliphatic heterocycles. The monoisotopic (exact) mass is 506 g/mol. The number of nitrogens with zero attached hydrogens (tertiary/aromatic N) is 1. The summed E-state index contributed by atoms with van der Waals surface area (Å²) in [5, 5.41) is 2.34. The van der Waals surface area contributed by atoms with Gasteiger partial charge in [-0.05, 0) is 41.1 Å². The number of benzene rings is 2. The van der Waals surface area contributed by atoms with E-state index in [-0.39, 0.29) is 22.6 Å². The highest BCUT2D eigenvalue weighted by molar-refractivity contribution is 6.99. The van der Waals surface area contributed by atoms with Crippen molar-refractivity contribution in [3.63, 3.8) is 0 Å². The third kappa shape index (κ3) is 5.05. The lowest BCUT2D eigenvalue weighted by atomic mass is 9.96. The molecule has 3 atom stereocenters. The molecule has 4 rings (SSSR count). The van der Waals surface area contributed by atoms with E-state index < -0.39 is 20.2 Å². The fourth-order valence-electron chi connectivity index (χ4n) is 5.58. The number of aryl methyl sites for hydroxylation is 1. The second-order valence-corrected chi connectivity index (χ2v) is 15.2. The lowest BCUT2D eigenvalue weighted by Gasteiger charge is -2.43. The molecule has 1 aliphatic rings. The van der Waals surface area contributed by atoms with E-state index in [4.69, 9.17) is 9.16 Å². The van der Waals surface area contributed by atoms with Crippen molar-refractivity contribution in [1.29, 1.82) is 0 Å². The van der Waals surface area contributed by atoms with Crippen molar-refractivity contribution in [3.8, 4) is 0 Å². The molecule has 36 heavy (non-hydrogen) atoms. The van der Waals surface area contributed by atoms with Crippen LogP contribution >= 0.6 is 0 Å². The largest absolute Gasteiger partial charge is 0.405 e. The summed E-state index contributed by atoms with van der Waals surface area (Å²) in [6, 6.07) is 21.2. The number of rotatable bonds is 8. The van der Waals surface area contributed by atoms with Crippen LogP contribution in [-0.4, -0.2) is 30.6 Å². The van der Waals surface area contributed by atoms with Gasteiger partial charge >= 0.3 is 5.69 Å². The first kappa shape index (κ1) is 26.3. The van der Waals surface area contributed by atoms with E-state index in [1.807, 2.05) is 12.1 Å². The Labute approximate surface area is 214 Å². The average molecular weight is 507 g/mol. The Bertz CT molecular complexity index is 1220. The first-order chi connectivity index (χ1) is 17.2. The zero-order chi connectivity index (χ0) is 25.9. The molecule has 1 N–H and O–H groups in total. The Morgan fingerprint density at radius 2 is 1.61 bits per heavy atom. The quantitative estimate of drug-likeness (QED) is 0.467. The predicted octanol–water partition coefficient (Wildman–Crippen LogP) is 4.13. The van der Waals surface area contributed by atoms with Gasteiger partial charge < -0.3 is 9.16 Å². The molecule has 1 fully saturated rings. The molecule has 1 aromatic heterocycles. The minimum atomic E-state index is -2.69. The standard InChI is InChI=1S/C29H38N2O4Si/c1-6-13-22-18-26(31-19-21(2)27(32)30-28(31)33)35-25(22)20-34-36(29(3,4)5,23-14-9-7-10-15-23)24-16-11-8-12-17-24/h7-12,14-17,19,22,25-26H,6,13,18,20H2,1-5H3,(H,30,32,33)/t22-,25+,26+/m0/s1. The van der Waals surface area contributed by atoms with Gasteiger partial charge in [-0.2, -0.15) is 0 Å². The summed E-state index contributed by atoms with van der Waals surface area (Å²) >= 11 is 0. The average Bonchev–Trinajstić information content (AvgIpc) is 3.25. The molecule has 192 valence electrons. The first-order valence-electron chi connectivity index (χ1n) is 12.9. The van der Waals surface area contributed by atoms with Gasteiger partial charge in [-0.1, -0.05) is 94.8 Å². The smallest absolute Gasteiger partial charge is 0.330 e. The van der Waals surface area contributed by atoms with Crippen molar-refractivity contribution in [3.05, 3.63) is 93.3 Å². The normalized spacial score (nSPS) is 20.5. The first-order valence-corrected chi connectivity index (χ1v) is 14.8. The van der Waals surface area contributed by atoms with Crippen LogP contribution in [0, 0.1) is 12.8 Å². The molecule has 2 heterocycles. The van der Waals surface area contributed by atoms with Crippen molar-refractivity contribution in [2.75, 3.05) is 6.61 Å². The second kappa shape index (κ2) is 10.7. The van der Waals surface area contributed by atoms with Crippen LogP contribution < -0.4 is 21.6 Å². The lowest BCUT2D eigenvalue weighted by Crippen LogP contribution is -2.67. The van der Waals surface area contributed by atoms with Gasteiger partial charge in [-0.25, -0.2) is 4.79 Å². The van der Waals surface area contributed by atoms with Crippen molar-refractivity contribution in [2.24, 2.45) is 5.92 Å². The van der Waals surface area contributed by atoms with Crippen LogP contribution in [0.5, 0.6) is 0 Å². The number of aromatic amines is 1. The van der Waals surface area contributed by atoms with E-state index in [1.54, 1.807) is 13.1 Å². The van der Waals surface area contributed by atoms with Gasteiger partial charge in [0.15, 0.2) is 0 Å². The number of aromatic nitrogens is 2. The van der Waals surface area contributed by atoms with Crippen molar-refractivity contribution in [2.45, 2.75) is 71.3 Å². The summed E-state index contributed by atoms with van der Waals surface area (Å²) in [7, 11) is -2.69. The van der Waals surface area contributed by atoms with Gasteiger partial charge in [0, 0.05) is 11.8 Å². The Kier molecular flexibility index (Phi) is 7.83. The molecule has 0 unspecified atom stereocenters. The number of hydrogen-bond acceptors (Lipinski definition) is 4. The van der Waals surface area contributed by atoms with E-state index in [1.165, 1.54) is 14.9 Å². The molecule has 0 bridgehead atoms. The van der Waals surface area contributed by atoms with Gasteiger partial charge in [-0.3, -0.25) is 14.3 Å². The van der Waals surface area contributed by atoms with E-state index in [2.05, 4.69) is 81.2 Å². The Balaban J connectivity index is 1.69. The van der Waals surface area contributed by atoms with Crippen LogP contribution in [0.3, 0.4) is 0 Å². The van der Waals surface area contributed by atoms with Gasteiger partial charge in [0.2, 0.25) is 0 Å². The third-order valence-electron chi connectivity index (χ3n) is 7.36. The Morgan fingerprint density at radius 3 is 2.14 bits per heavy atom. The minimum Gasteiger partial charge on any atom is -0.405 e. The highest BCUT2D eigenvalue weighted by atomic mass is 28.4. The fourth-order valence-corrected chi connectivity index (χ4v) is 10.1. The molecule has 0 aliphatic carbocycles. The van der Waals surface area contributed by atoms with Crippen LogP contribution in [0.4, 0.5) is 0 Å². The molecule has 7 heteroatoms.